The maximum absolute atomic E-state index is 9.08. The average molecular weight is 428 g/mol. The molecule has 0 spiro atoms. The van der Waals surface area contributed by atoms with Crippen molar-refractivity contribution >= 4 is 23.2 Å². The number of halogens is 1. The molecule has 5 heteroatoms. The van der Waals surface area contributed by atoms with Crippen LogP contribution in [-0.4, -0.2) is 21.7 Å². The van der Waals surface area contributed by atoms with Gasteiger partial charge >= 0.3 is 0 Å². The number of nitrogens with one attached hydrogen (secondary N) is 1. The number of hydrogen-bond acceptors (Lipinski definition) is 4. The van der Waals surface area contributed by atoms with E-state index in [-0.39, 0.29) is 12.5 Å². The summed E-state index contributed by atoms with van der Waals surface area (Å²) >= 11 is 6.10. The van der Waals surface area contributed by atoms with Crippen LogP contribution < -0.4 is 5.32 Å². The summed E-state index contributed by atoms with van der Waals surface area (Å²) in [6.45, 7) is 0.150. The van der Waals surface area contributed by atoms with Gasteiger partial charge in [-0.15, -0.1) is 0 Å². The van der Waals surface area contributed by atoms with Crippen LogP contribution in [0.3, 0.4) is 0 Å². The van der Waals surface area contributed by atoms with Gasteiger partial charge < -0.3 is 10.4 Å². The number of aromatic nitrogens is 2. The van der Waals surface area contributed by atoms with Crippen LogP contribution in [0.5, 0.6) is 0 Å². The third-order valence-electron chi connectivity index (χ3n) is 5.76. The van der Waals surface area contributed by atoms with E-state index < -0.39 is 0 Å². The first-order valence-electron chi connectivity index (χ1n) is 10.4. The summed E-state index contributed by atoms with van der Waals surface area (Å²) in [4.78, 5) is 9.45. The number of benzene rings is 3. The van der Waals surface area contributed by atoms with Crippen molar-refractivity contribution in [3.8, 4) is 11.3 Å². The van der Waals surface area contributed by atoms with Gasteiger partial charge in [-0.05, 0) is 59.4 Å². The van der Waals surface area contributed by atoms with Gasteiger partial charge in [-0.1, -0.05) is 60.1 Å². The molecule has 1 aliphatic rings. The predicted octanol–water partition coefficient (Wildman–Crippen LogP) is 5.76. The van der Waals surface area contributed by atoms with Gasteiger partial charge in [0.05, 0.1) is 5.69 Å². The highest BCUT2D eigenvalue weighted by Crippen LogP contribution is 2.42. The first-order chi connectivity index (χ1) is 15.2. The van der Waals surface area contributed by atoms with Crippen LogP contribution in [-0.2, 0) is 12.8 Å². The Balaban J connectivity index is 1.47. The molecule has 5 rings (SSSR count). The topological polar surface area (TPSA) is 58.0 Å². The van der Waals surface area contributed by atoms with Crippen molar-refractivity contribution < 1.29 is 5.11 Å². The van der Waals surface area contributed by atoms with Crippen LogP contribution in [0.25, 0.3) is 11.3 Å². The van der Waals surface area contributed by atoms with E-state index in [0.717, 1.165) is 39.5 Å². The lowest BCUT2D eigenvalue weighted by Crippen LogP contribution is -2.15. The van der Waals surface area contributed by atoms with Gasteiger partial charge in [0.15, 0.2) is 0 Å². The van der Waals surface area contributed by atoms with Gasteiger partial charge in [-0.3, -0.25) is 0 Å². The molecule has 0 fully saturated rings. The summed E-state index contributed by atoms with van der Waals surface area (Å²) < 4.78 is 0. The lowest BCUT2D eigenvalue weighted by atomic mass is 9.78. The number of aliphatic hydroxyl groups is 1. The number of rotatable bonds is 5. The Labute approximate surface area is 186 Å². The summed E-state index contributed by atoms with van der Waals surface area (Å²) in [5, 5.41) is 13.1. The van der Waals surface area contributed by atoms with E-state index in [4.69, 9.17) is 21.7 Å². The molecule has 1 aliphatic carbocycles. The lowest BCUT2D eigenvalue weighted by Gasteiger charge is -2.27. The Morgan fingerprint density at radius 2 is 1.74 bits per heavy atom. The zero-order chi connectivity index (χ0) is 21.2. The van der Waals surface area contributed by atoms with E-state index in [1.165, 1.54) is 11.1 Å². The fourth-order valence-corrected chi connectivity index (χ4v) is 4.33. The second-order valence-corrected chi connectivity index (χ2v) is 8.19. The zero-order valence-electron chi connectivity index (χ0n) is 16.9. The maximum atomic E-state index is 9.08. The summed E-state index contributed by atoms with van der Waals surface area (Å²) in [5.41, 5.74) is 7.81. The van der Waals surface area contributed by atoms with E-state index in [2.05, 4.69) is 46.7 Å². The smallest absolute Gasteiger partial charge is 0.227 e. The number of nitrogens with zero attached hydrogens (tertiary/aromatic N) is 2. The highest BCUT2D eigenvalue weighted by molar-refractivity contribution is 6.30. The lowest BCUT2D eigenvalue weighted by molar-refractivity contribution is 0.299. The van der Waals surface area contributed by atoms with Gasteiger partial charge in [0, 0.05) is 35.0 Å². The van der Waals surface area contributed by atoms with Crippen LogP contribution >= 0.6 is 11.6 Å². The fraction of sp³-hybridized carbons (Fsp3) is 0.154. The minimum absolute atomic E-state index is 0.150. The molecular formula is C26H22ClN3O. The molecule has 0 saturated carbocycles. The molecule has 3 aromatic carbocycles. The molecule has 4 nitrogen and oxygen atoms in total. The van der Waals surface area contributed by atoms with Crippen molar-refractivity contribution in [1.82, 2.24) is 9.97 Å². The molecule has 31 heavy (non-hydrogen) atoms. The first-order valence-corrected chi connectivity index (χ1v) is 10.8. The number of fused-ring (bicyclic) bond motifs is 3. The van der Waals surface area contributed by atoms with Crippen LogP contribution in [0.2, 0.25) is 5.02 Å². The van der Waals surface area contributed by atoms with Crippen molar-refractivity contribution in [3.05, 3.63) is 106 Å². The molecular weight excluding hydrogens is 406 g/mol. The molecule has 0 unspecified atom stereocenters. The molecule has 4 aromatic rings. The van der Waals surface area contributed by atoms with Gasteiger partial charge in [-0.2, -0.15) is 0 Å². The van der Waals surface area contributed by atoms with E-state index >= 15 is 0 Å². The molecule has 1 aromatic heterocycles. The van der Waals surface area contributed by atoms with E-state index in [1.807, 2.05) is 42.6 Å². The summed E-state index contributed by atoms with van der Waals surface area (Å²) in [5.74, 6) is 0.829. The van der Waals surface area contributed by atoms with Crippen molar-refractivity contribution in [2.75, 3.05) is 11.9 Å². The maximum Gasteiger partial charge on any atom is 0.227 e. The second kappa shape index (κ2) is 8.50. The molecule has 0 radical (unpaired) electrons. The predicted molar refractivity (Wildman–Crippen MR) is 125 cm³/mol. The minimum atomic E-state index is 0.150. The minimum Gasteiger partial charge on any atom is -0.396 e. The van der Waals surface area contributed by atoms with Crippen molar-refractivity contribution in [2.45, 2.75) is 18.8 Å². The monoisotopic (exact) mass is 427 g/mol. The summed E-state index contributed by atoms with van der Waals surface area (Å²) in [6.07, 6.45) is 3.44. The Morgan fingerprint density at radius 3 is 2.52 bits per heavy atom. The van der Waals surface area contributed by atoms with Gasteiger partial charge in [0.1, 0.15) is 0 Å². The van der Waals surface area contributed by atoms with Gasteiger partial charge in [0.25, 0.3) is 0 Å². The van der Waals surface area contributed by atoms with E-state index in [1.54, 1.807) is 0 Å². The van der Waals surface area contributed by atoms with Crippen molar-refractivity contribution in [1.29, 1.82) is 0 Å². The van der Waals surface area contributed by atoms with Crippen LogP contribution in [0, 0.1) is 0 Å². The molecule has 154 valence electrons. The molecule has 0 aliphatic heterocycles. The average Bonchev–Trinajstić information content (AvgIpc) is 2.81. The molecule has 1 heterocycles. The Morgan fingerprint density at radius 1 is 0.968 bits per heavy atom. The molecule has 1 atom stereocenters. The van der Waals surface area contributed by atoms with E-state index in [9.17, 15) is 0 Å². The largest absolute Gasteiger partial charge is 0.396 e. The van der Waals surface area contributed by atoms with Crippen LogP contribution in [0.15, 0.2) is 79.0 Å². The van der Waals surface area contributed by atoms with Crippen LogP contribution in [0.1, 0.15) is 28.2 Å². The fourth-order valence-electron chi connectivity index (χ4n) is 4.20. The summed E-state index contributed by atoms with van der Waals surface area (Å²) in [6, 6.07) is 24.5. The molecule has 2 N–H and O–H groups in total. The van der Waals surface area contributed by atoms with Gasteiger partial charge in [-0.25, -0.2) is 9.97 Å². The number of aliphatic hydroxyl groups excluding tert-OH is 1. The number of anilines is 2. The second-order valence-electron chi connectivity index (χ2n) is 7.76. The number of hydrogen-bond donors (Lipinski definition) is 2. The van der Waals surface area contributed by atoms with Gasteiger partial charge in [0.2, 0.25) is 5.95 Å². The van der Waals surface area contributed by atoms with Crippen molar-refractivity contribution in [2.24, 2.45) is 0 Å². The summed E-state index contributed by atoms with van der Waals surface area (Å²) in [7, 11) is 0. The van der Waals surface area contributed by atoms with Crippen LogP contribution in [0.4, 0.5) is 11.6 Å². The standard InChI is InChI=1S/C26H22ClN3O/c27-20-9-7-18(8-10-20)24-15-19-16-28-26(29-21-11-5-17(6-12-21)13-14-31)30-25(19)23-4-2-1-3-22(23)24/h1-12,16,24,31H,13-15H2,(H,28,29,30)/t24-/m0/s1. The molecule has 0 amide bonds. The Hall–Kier alpha value is -3.21. The van der Waals surface area contributed by atoms with Crippen molar-refractivity contribution in [3.63, 3.8) is 0 Å². The SMILES string of the molecule is OCCc1ccc(Nc2ncc3c(n2)-c2ccccc2[C@H](c2ccc(Cl)cc2)C3)cc1. The molecule has 0 saturated heterocycles. The quantitative estimate of drug-likeness (QED) is 0.425. The Bertz CT molecular complexity index is 1210. The third-order valence-corrected chi connectivity index (χ3v) is 6.01. The first kappa shape index (κ1) is 19.7. The highest BCUT2D eigenvalue weighted by atomic mass is 35.5. The third kappa shape index (κ3) is 4.05. The van der Waals surface area contributed by atoms with E-state index in [0.29, 0.717) is 12.4 Å². The Kier molecular flexibility index (Phi) is 5.41. The normalized spacial score (nSPS) is 14.6. The molecule has 0 bridgehead atoms. The zero-order valence-corrected chi connectivity index (χ0v) is 17.7. The highest BCUT2D eigenvalue weighted by Gasteiger charge is 2.27.